The van der Waals surface area contributed by atoms with Crippen LogP contribution in [0.1, 0.15) is 65.7 Å². The summed E-state index contributed by atoms with van der Waals surface area (Å²) < 4.78 is 0. The van der Waals surface area contributed by atoms with Crippen molar-refractivity contribution in [3.8, 4) is 0 Å². The summed E-state index contributed by atoms with van der Waals surface area (Å²) in [6.45, 7) is 5.98. The van der Waals surface area contributed by atoms with E-state index in [9.17, 15) is 14.7 Å². The second-order valence-electron chi connectivity index (χ2n) is 9.28. The van der Waals surface area contributed by atoms with Crippen molar-refractivity contribution in [2.75, 3.05) is 0 Å². The van der Waals surface area contributed by atoms with Crippen LogP contribution in [0.25, 0.3) is 0 Å². The van der Waals surface area contributed by atoms with E-state index in [1.54, 1.807) is 6.92 Å². The predicted octanol–water partition coefficient (Wildman–Crippen LogP) is 3.69. The summed E-state index contributed by atoms with van der Waals surface area (Å²) in [4.78, 5) is 24.1. The topological polar surface area (TPSA) is 54.4 Å². The van der Waals surface area contributed by atoms with E-state index >= 15 is 0 Å². The van der Waals surface area contributed by atoms with Gasteiger partial charge in [0.25, 0.3) is 0 Å². The maximum Gasteiger partial charge on any atom is 0.161 e. The van der Waals surface area contributed by atoms with Crippen LogP contribution in [-0.2, 0) is 9.59 Å². The Morgan fingerprint density at radius 2 is 1.96 bits per heavy atom. The van der Waals surface area contributed by atoms with Crippen molar-refractivity contribution < 1.29 is 14.7 Å². The lowest BCUT2D eigenvalue weighted by molar-refractivity contribution is -0.158. The second-order valence-corrected chi connectivity index (χ2v) is 9.28. The van der Waals surface area contributed by atoms with Crippen LogP contribution in [0.5, 0.6) is 0 Å². The van der Waals surface area contributed by atoms with Gasteiger partial charge in [0.05, 0.1) is 0 Å². The first-order chi connectivity index (χ1) is 11.3. The summed E-state index contributed by atoms with van der Waals surface area (Å²) in [6.07, 6.45) is 8.47. The van der Waals surface area contributed by atoms with Crippen LogP contribution >= 0.6 is 0 Å². The number of ketones is 2. The molecule has 0 aliphatic heterocycles. The lowest BCUT2D eigenvalue weighted by Gasteiger charge is -2.55. The van der Waals surface area contributed by atoms with Crippen molar-refractivity contribution in [3.63, 3.8) is 0 Å². The third kappa shape index (κ3) is 2.00. The van der Waals surface area contributed by atoms with Crippen molar-refractivity contribution >= 4 is 11.6 Å². The zero-order chi connectivity index (χ0) is 17.3. The van der Waals surface area contributed by atoms with Crippen LogP contribution in [0.2, 0.25) is 0 Å². The number of hydrogen-bond donors (Lipinski definition) is 1. The van der Waals surface area contributed by atoms with Gasteiger partial charge >= 0.3 is 0 Å². The fraction of sp³-hybridized carbons (Fsp3) is 0.810. The van der Waals surface area contributed by atoms with Gasteiger partial charge in [0, 0.05) is 11.8 Å². The van der Waals surface area contributed by atoms with E-state index in [4.69, 9.17) is 0 Å². The molecule has 0 bridgehead atoms. The molecule has 0 heterocycles. The van der Waals surface area contributed by atoms with Gasteiger partial charge < -0.3 is 5.11 Å². The molecule has 4 rings (SSSR count). The molecule has 0 spiro atoms. The van der Waals surface area contributed by atoms with Crippen molar-refractivity contribution in [2.24, 2.45) is 35.0 Å². The van der Waals surface area contributed by atoms with E-state index < -0.39 is 5.60 Å². The Morgan fingerprint density at radius 1 is 1.21 bits per heavy atom. The van der Waals surface area contributed by atoms with Gasteiger partial charge in [0.15, 0.2) is 11.6 Å². The Kier molecular flexibility index (Phi) is 3.62. The maximum atomic E-state index is 12.3. The number of rotatable bonds is 1. The molecule has 0 aromatic rings. The number of aliphatic hydroxyl groups is 1. The van der Waals surface area contributed by atoms with Crippen LogP contribution in [0.3, 0.4) is 0 Å². The van der Waals surface area contributed by atoms with Crippen LogP contribution in [0.4, 0.5) is 0 Å². The summed E-state index contributed by atoms with van der Waals surface area (Å²) >= 11 is 0. The third-order valence-electron chi connectivity index (χ3n) is 8.31. The first-order valence-corrected chi connectivity index (χ1v) is 9.74. The molecule has 0 radical (unpaired) electrons. The standard InChI is InChI=1S/C21H30O3/c1-12-11-21(24,13(2)22)20(3)9-8-17-16-7-5-15(23)10-14(16)4-6-18(17)19(12)20/h10,12,16-19,24H,4-9,11H2,1-3H3/t12-,16+,17-,18-,19+,20+,21+/m1/s1. The van der Waals surface area contributed by atoms with Crippen molar-refractivity contribution in [1.82, 2.24) is 0 Å². The molecule has 4 aliphatic carbocycles. The Bertz CT molecular complexity index is 621. The lowest BCUT2D eigenvalue weighted by Crippen LogP contribution is -2.55. The van der Waals surface area contributed by atoms with Gasteiger partial charge in [0.2, 0.25) is 0 Å². The molecule has 7 atom stereocenters. The fourth-order valence-electron chi connectivity index (χ4n) is 7.33. The minimum atomic E-state index is -1.14. The molecule has 24 heavy (non-hydrogen) atoms. The van der Waals surface area contributed by atoms with E-state index in [0.29, 0.717) is 48.2 Å². The Hall–Kier alpha value is -0.960. The molecule has 3 fully saturated rings. The monoisotopic (exact) mass is 330 g/mol. The molecule has 1 N–H and O–H groups in total. The fourth-order valence-corrected chi connectivity index (χ4v) is 7.33. The molecule has 3 heteroatoms. The van der Waals surface area contributed by atoms with Gasteiger partial charge in [-0.05, 0) is 81.1 Å². The molecule has 3 nitrogen and oxygen atoms in total. The largest absolute Gasteiger partial charge is 0.381 e. The zero-order valence-corrected chi connectivity index (χ0v) is 15.2. The normalized spacial score (nSPS) is 50.6. The zero-order valence-electron chi connectivity index (χ0n) is 15.2. The molecule has 0 aromatic carbocycles. The molecular weight excluding hydrogens is 300 g/mol. The smallest absolute Gasteiger partial charge is 0.161 e. The quantitative estimate of drug-likeness (QED) is 0.797. The number of carbonyl (C=O) groups excluding carboxylic acids is 2. The Balaban J connectivity index is 1.69. The predicted molar refractivity (Wildman–Crippen MR) is 92.3 cm³/mol. The molecule has 0 aromatic heterocycles. The summed E-state index contributed by atoms with van der Waals surface area (Å²) in [5.74, 6) is 2.91. The number of carbonyl (C=O) groups is 2. The summed E-state index contributed by atoms with van der Waals surface area (Å²) in [7, 11) is 0. The van der Waals surface area contributed by atoms with Gasteiger partial charge in [-0.2, -0.15) is 0 Å². The van der Waals surface area contributed by atoms with E-state index in [-0.39, 0.29) is 11.2 Å². The third-order valence-corrected chi connectivity index (χ3v) is 8.31. The summed E-state index contributed by atoms with van der Waals surface area (Å²) in [5, 5.41) is 11.2. The molecule has 0 amide bonds. The molecule has 3 saturated carbocycles. The molecular formula is C21H30O3. The lowest BCUT2D eigenvalue weighted by atomic mass is 9.49. The highest BCUT2D eigenvalue weighted by molar-refractivity contribution is 5.91. The maximum absolute atomic E-state index is 12.3. The van der Waals surface area contributed by atoms with Crippen LogP contribution in [-0.4, -0.2) is 22.3 Å². The van der Waals surface area contributed by atoms with Gasteiger partial charge in [-0.15, -0.1) is 0 Å². The van der Waals surface area contributed by atoms with Gasteiger partial charge in [-0.1, -0.05) is 19.4 Å². The van der Waals surface area contributed by atoms with E-state index in [1.165, 1.54) is 5.57 Å². The highest BCUT2D eigenvalue weighted by Crippen LogP contribution is 2.66. The molecule has 0 saturated heterocycles. The van der Waals surface area contributed by atoms with Crippen molar-refractivity contribution in [2.45, 2.75) is 71.3 Å². The number of hydrogen-bond acceptors (Lipinski definition) is 3. The highest BCUT2D eigenvalue weighted by atomic mass is 16.3. The SMILES string of the molecule is CC(=O)[C@@]1(O)C[C@@H](C)[C@H]2[C@@H]3CCC4=CC(=O)CC[C@@H]4[C@H]3CC[C@@]21C. The average molecular weight is 330 g/mol. The highest BCUT2D eigenvalue weighted by Gasteiger charge is 2.66. The first kappa shape index (κ1) is 16.5. The van der Waals surface area contributed by atoms with Gasteiger partial charge in [-0.3, -0.25) is 9.59 Å². The van der Waals surface area contributed by atoms with E-state index in [2.05, 4.69) is 13.8 Å². The van der Waals surface area contributed by atoms with Gasteiger partial charge in [0.1, 0.15) is 5.60 Å². The van der Waals surface area contributed by atoms with E-state index in [1.807, 2.05) is 6.08 Å². The molecule has 4 aliphatic rings. The second kappa shape index (κ2) is 5.27. The molecule has 0 unspecified atom stereocenters. The van der Waals surface area contributed by atoms with Crippen LogP contribution in [0, 0.1) is 35.0 Å². The first-order valence-electron chi connectivity index (χ1n) is 9.74. The Labute approximate surface area is 144 Å². The number of Topliss-reactive ketones (excluding diaryl/α,β-unsaturated/α-hetero) is 1. The minimum absolute atomic E-state index is 0.0440. The number of fused-ring (bicyclic) bond motifs is 5. The van der Waals surface area contributed by atoms with Gasteiger partial charge in [-0.25, -0.2) is 0 Å². The van der Waals surface area contributed by atoms with E-state index in [0.717, 1.165) is 32.1 Å². The minimum Gasteiger partial charge on any atom is -0.381 e. The van der Waals surface area contributed by atoms with Crippen LogP contribution in [0.15, 0.2) is 11.6 Å². The number of allylic oxidation sites excluding steroid dienone is 1. The summed E-state index contributed by atoms with van der Waals surface area (Å²) in [5.41, 5.74) is -0.0187. The Morgan fingerprint density at radius 3 is 2.67 bits per heavy atom. The van der Waals surface area contributed by atoms with Crippen molar-refractivity contribution in [1.29, 1.82) is 0 Å². The molecule has 132 valence electrons. The van der Waals surface area contributed by atoms with Crippen molar-refractivity contribution in [3.05, 3.63) is 11.6 Å². The average Bonchev–Trinajstić information content (AvgIpc) is 2.74. The summed E-state index contributed by atoms with van der Waals surface area (Å²) in [6, 6.07) is 0. The van der Waals surface area contributed by atoms with Crippen LogP contribution < -0.4 is 0 Å².